The minimum absolute atomic E-state index is 0.0779. The van der Waals surface area contributed by atoms with Crippen LogP contribution in [-0.2, 0) is 15.4 Å². The van der Waals surface area contributed by atoms with E-state index in [4.69, 9.17) is 4.74 Å². The summed E-state index contributed by atoms with van der Waals surface area (Å²) in [6.45, 7) is 8.10. The van der Waals surface area contributed by atoms with Crippen molar-refractivity contribution in [3.8, 4) is 5.75 Å². The number of likely N-dealkylation sites (tertiary alicyclic amines) is 1. The van der Waals surface area contributed by atoms with Gasteiger partial charge < -0.3 is 9.64 Å². The van der Waals surface area contributed by atoms with Crippen molar-refractivity contribution in [2.75, 3.05) is 32.5 Å². The molecule has 3 rings (SSSR count). The summed E-state index contributed by atoms with van der Waals surface area (Å²) in [6, 6.07) is 12.6. The number of carbonyl (C=O) groups is 1. The Kier molecular flexibility index (Phi) is 9.07. The first-order valence-electron chi connectivity index (χ1n) is 11.8. The third-order valence-corrected chi connectivity index (χ3v) is 8.21. The summed E-state index contributed by atoms with van der Waals surface area (Å²) < 4.78 is 34.5. The molecule has 0 atom stereocenters. The average molecular weight is 505 g/mol. The topological polar surface area (TPSA) is 75.7 Å². The number of ether oxygens (including phenoxy) is 1. The molecule has 0 unspecified atom stereocenters. The molecule has 0 radical (unpaired) electrons. The second kappa shape index (κ2) is 11.6. The molecule has 2 aromatic rings. The first kappa shape index (κ1) is 26.6. The van der Waals surface area contributed by atoms with Crippen LogP contribution >= 0.6 is 11.8 Å². The fraction of sp³-hybridized carbons (Fsp3) is 0.500. The Morgan fingerprint density at radius 3 is 2.38 bits per heavy atom. The Balaban J connectivity index is 1.69. The molecular formula is C26H36N2O4S2. The third kappa shape index (κ3) is 6.77. The molecule has 2 aromatic carbocycles. The highest BCUT2D eigenvalue weighted by molar-refractivity contribution is 7.98. The van der Waals surface area contributed by atoms with E-state index in [0.717, 1.165) is 55.0 Å². The van der Waals surface area contributed by atoms with Crippen molar-refractivity contribution >= 4 is 27.7 Å². The number of thioether (sulfide) groups is 1. The minimum Gasteiger partial charge on any atom is -0.492 e. The summed E-state index contributed by atoms with van der Waals surface area (Å²) in [4.78, 5) is 16.0. The number of rotatable bonds is 8. The predicted octanol–water partition coefficient (Wildman–Crippen LogP) is 5.08. The van der Waals surface area contributed by atoms with Gasteiger partial charge in [0.25, 0.3) is 5.91 Å². The van der Waals surface area contributed by atoms with E-state index in [1.165, 1.54) is 17.8 Å². The number of hydrogen-bond acceptors (Lipinski definition) is 5. The van der Waals surface area contributed by atoms with E-state index in [1.807, 2.05) is 35.4 Å². The number of carbonyl (C=O) groups excluding carboxylic acids is 1. The lowest BCUT2D eigenvalue weighted by atomic mass is 9.86. The maximum atomic E-state index is 13.2. The molecule has 0 saturated carbocycles. The standard InChI is InChI=1S/C26H36N2O4S2/c1-26(2,3)22-11-7-8-12-23(22)32-18-15-27-34(30,31)20-13-14-24(33-4)21(19-20)25(29)28-16-9-5-6-10-17-28/h7-8,11-14,19,27H,5-6,9-10,15-18H2,1-4H3. The fourth-order valence-electron chi connectivity index (χ4n) is 4.10. The average Bonchev–Trinajstić information content (AvgIpc) is 3.10. The number of para-hydroxylation sites is 1. The Morgan fingerprint density at radius 2 is 1.74 bits per heavy atom. The molecule has 186 valence electrons. The number of nitrogens with zero attached hydrogens (tertiary/aromatic N) is 1. The van der Waals surface area contributed by atoms with Gasteiger partial charge in [0, 0.05) is 24.5 Å². The number of nitrogens with one attached hydrogen (secondary N) is 1. The number of benzene rings is 2. The maximum Gasteiger partial charge on any atom is 0.255 e. The zero-order valence-corrected chi connectivity index (χ0v) is 22.2. The normalized spacial score (nSPS) is 15.1. The minimum atomic E-state index is -3.78. The van der Waals surface area contributed by atoms with E-state index >= 15 is 0 Å². The molecule has 34 heavy (non-hydrogen) atoms. The zero-order valence-electron chi connectivity index (χ0n) is 20.6. The second-order valence-electron chi connectivity index (χ2n) is 9.56. The van der Waals surface area contributed by atoms with Crippen LogP contribution in [0.3, 0.4) is 0 Å². The Labute approximate surface area is 208 Å². The molecule has 1 heterocycles. The number of hydrogen-bond donors (Lipinski definition) is 1. The molecule has 0 bridgehead atoms. The van der Waals surface area contributed by atoms with Gasteiger partial charge in [0.15, 0.2) is 0 Å². The van der Waals surface area contributed by atoms with Crippen LogP contribution in [-0.4, -0.2) is 51.7 Å². The highest BCUT2D eigenvalue weighted by Crippen LogP contribution is 2.31. The van der Waals surface area contributed by atoms with Gasteiger partial charge in [-0.1, -0.05) is 51.8 Å². The summed E-state index contributed by atoms with van der Waals surface area (Å²) in [5.41, 5.74) is 1.45. The Hall–Kier alpha value is -2.03. The van der Waals surface area contributed by atoms with Crippen LogP contribution in [0.25, 0.3) is 0 Å². The van der Waals surface area contributed by atoms with Crippen LogP contribution in [0.15, 0.2) is 52.3 Å². The fourth-order valence-corrected chi connectivity index (χ4v) is 5.71. The van der Waals surface area contributed by atoms with Crippen molar-refractivity contribution in [1.82, 2.24) is 9.62 Å². The molecule has 0 aliphatic carbocycles. The molecule has 0 aromatic heterocycles. The lowest BCUT2D eigenvalue weighted by Crippen LogP contribution is -2.33. The van der Waals surface area contributed by atoms with Gasteiger partial charge in [-0.15, -0.1) is 11.8 Å². The van der Waals surface area contributed by atoms with Gasteiger partial charge in [-0.25, -0.2) is 13.1 Å². The SMILES string of the molecule is CSc1ccc(S(=O)(=O)NCCOc2ccccc2C(C)(C)C)cc1C(=O)N1CCCCCC1. The molecule has 1 aliphatic rings. The lowest BCUT2D eigenvalue weighted by molar-refractivity contribution is 0.0758. The lowest BCUT2D eigenvalue weighted by Gasteiger charge is -2.23. The van der Waals surface area contributed by atoms with Gasteiger partial charge in [-0.2, -0.15) is 0 Å². The smallest absolute Gasteiger partial charge is 0.255 e. The van der Waals surface area contributed by atoms with Gasteiger partial charge in [0.05, 0.1) is 10.5 Å². The molecule has 0 spiro atoms. The monoisotopic (exact) mass is 504 g/mol. The summed E-state index contributed by atoms with van der Waals surface area (Å²) in [7, 11) is -3.78. The van der Waals surface area contributed by atoms with Crippen LogP contribution < -0.4 is 9.46 Å². The van der Waals surface area contributed by atoms with Gasteiger partial charge in [0.1, 0.15) is 12.4 Å². The van der Waals surface area contributed by atoms with Gasteiger partial charge >= 0.3 is 0 Å². The van der Waals surface area contributed by atoms with E-state index in [-0.39, 0.29) is 29.4 Å². The highest BCUT2D eigenvalue weighted by Gasteiger charge is 2.23. The van der Waals surface area contributed by atoms with Gasteiger partial charge in [-0.05, 0) is 54.3 Å². The molecule has 1 aliphatic heterocycles. The van der Waals surface area contributed by atoms with Crippen LogP contribution in [0.5, 0.6) is 5.75 Å². The van der Waals surface area contributed by atoms with Crippen molar-refractivity contribution in [2.24, 2.45) is 0 Å². The molecule has 1 N–H and O–H groups in total. The van der Waals surface area contributed by atoms with Gasteiger partial charge in [0.2, 0.25) is 10.0 Å². The molecule has 1 saturated heterocycles. The van der Waals surface area contributed by atoms with Crippen molar-refractivity contribution in [3.63, 3.8) is 0 Å². The first-order chi connectivity index (χ1) is 16.1. The zero-order chi connectivity index (χ0) is 24.8. The molecule has 1 fully saturated rings. The third-order valence-electron chi connectivity index (χ3n) is 5.95. The first-order valence-corrected chi connectivity index (χ1v) is 14.5. The Bertz CT molecular complexity index is 1090. The molecule has 6 nitrogen and oxygen atoms in total. The summed E-state index contributed by atoms with van der Waals surface area (Å²) >= 11 is 1.45. The summed E-state index contributed by atoms with van der Waals surface area (Å²) in [6.07, 6.45) is 6.11. The van der Waals surface area contributed by atoms with E-state index in [9.17, 15) is 13.2 Å². The van der Waals surface area contributed by atoms with E-state index in [0.29, 0.717) is 5.56 Å². The van der Waals surface area contributed by atoms with Crippen LogP contribution in [0.1, 0.15) is 62.4 Å². The van der Waals surface area contributed by atoms with Crippen molar-refractivity contribution < 1.29 is 17.9 Å². The van der Waals surface area contributed by atoms with E-state index in [2.05, 4.69) is 25.5 Å². The molecular weight excluding hydrogens is 468 g/mol. The summed E-state index contributed by atoms with van der Waals surface area (Å²) in [5, 5.41) is 0. The van der Waals surface area contributed by atoms with E-state index < -0.39 is 10.0 Å². The van der Waals surface area contributed by atoms with Crippen LogP contribution in [0.4, 0.5) is 0 Å². The van der Waals surface area contributed by atoms with Crippen molar-refractivity contribution in [3.05, 3.63) is 53.6 Å². The van der Waals surface area contributed by atoms with E-state index in [1.54, 1.807) is 12.1 Å². The quantitative estimate of drug-likeness (QED) is 0.401. The highest BCUT2D eigenvalue weighted by atomic mass is 32.2. The van der Waals surface area contributed by atoms with Crippen molar-refractivity contribution in [2.45, 2.75) is 61.7 Å². The Morgan fingerprint density at radius 1 is 1.06 bits per heavy atom. The maximum absolute atomic E-state index is 13.2. The van der Waals surface area contributed by atoms with Crippen LogP contribution in [0, 0.1) is 0 Å². The predicted molar refractivity (Wildman–Crippen MR) is 138 cm³/mol. The largest absolute Gasteiger partial charge is 0.492 e. The number of sulfonamides is 1. The summed E-state index contributed by atoms with van der Waals surface area (Å²) in [5.74, 6) is 0.661. The second-order valence-corrected chi connectivity index (χ2v) is 12.2. The van der Waals surface area contributed by atoms with Crippen molar-refractivity contribution in [1.29, 1.82) is 0 Å². The van der Waals surface area contributed by atoms with Gasteiger partial charge in [-0.3, -0.25) is 4.79 Å². The number of amides is 1. The molecule has 1 amide bonds. The molecule has 8 heteroatoms. The van der Waals surface area contributed by atoms with Crippen LogP contribution in [0.2, 0.25) is 0 Å².